The molecule has 1 atom stereocenters. The first-order valence-corrected chi connectivity index (χ1v) is 7.54. The van der Waals surface area contributed by atoms with Crippen molar-refractivity contribution >= 4 is 11.7 Å². The highest BCUT2D eigenvalue weighted by atomic mass is 16.5. The second-order valence-corrected chi connectivity index (χ2v) is 7.83. The van der Waals surface area contributed by atoms with Crippen molar-refractivity contribution in [1.29, 1.82) is 0 Å². The van der Waals surface area contributed by atoms with Crippen molar-refractivity contribution in [3.05, 3.63) is 29.8 Å². The lowest BCUT2D eigenvalue weighted by Gasteiger charge is -2.22. The van der Waals surface area contributed by atoms with Gasteiger partial charge < -0.3 is 10.1 Å². The first-order chi connectivity index (χ1) is 9.49. The maximum atomic E-state index is 11.9. The predicted octanol–water partition coefficient (Wildman–Crippen LogP) is 4.79. The zero-order chi connectivity index (χ0) is 16.3. The average molecular weight is 291 g/mol. The molecular formula is C18H29NO2. The largest absolute Gasteiger partial charge is 0.457 e. The van der Waals surface area contributed by atoms with Gasteiger partial charge in [-0.1, -0.05) is 32.9 Å². The number of hydrogen-bond acceptors (Lipinski definition) is 3. The minimum absolute atomic E-state index is 0.176. The summed E-state index contributed by atoms with van der Waals surface area (Å²) in [7, 11) is 0. The molecule has 1 aromatic carbocycles. The van der Waals surface area contributed by atoms with Crippen LogP contribution in [-0.4, -0.2) is 12.5 Å². The molecule has 0 radical (unpaired) electrons. The Hall–Kier alpha value is -1.51. The van der Waals surface area contributed by atoms with Gasteiger partial charge in [-0.25, -0.2) is 0 Å². The predicted molar refractivity (Wildman–Crippen MR) is 88.3 cm³/mol. The molecule has 1 unspecified atom stereocenters. The van der Waals surface area contributed by atoms with E-state index < -0.39 is 5.41 Å². The summed E-state index contributed by atoms with van der Waals surface area (Å²) in [6.07, 6.45) is -0.228. The Kier molecular flexibility index (Phi) is 5.43. The number of hydrogen-bond donors (Lipinski definition) is 1. The monoisotopic (exact) mass is 291 g/mol. The van der Waals surface area contributed by atoms with Crippen molar-refractivity contribution in [2.24, 2.45) is 10.8 Å². The summed E-state index contributed by atoms with van der Waals surface area (Å²) in [6.45, 7) is 15.0. The minimum Gasteiger partial charge on any atom is -0.457 e. The Labute approximate surface area is 129 Å². The Bertz CT molecular complexity index is 463. The zero-order valence-corrected chi connectivity index (χ0v) is 14.4. The minimum atomic E-state index is -0.470. The number of ether oxygens (including phenoxy) is 1. The van der Waals surface area contributed by atoms with E-state index in [-0.39, 0.29) is 17.5 Å². The molecule has 0 amide bonds. The van der Waals surface area contributed by atoms with Crippen LogP contribution >= 0.6 is 0 Å². The van der Waals surface area contributed by atoms with Gasteiger partial charge in [-0.15, -0.1) is 0 Å². The molecule has 0 aromatic heterocycles. The number of benzene rings is 1. The third kappa shape index (κ3) is 6.19. The highest BCUT2D eigenvalue weighted by Crippen LogP contribution is 2.24. The molecule has 0 saturated carbocycles. The molecular weight excluding hydrogens is 262 g/mol. The number of carbonyl (C=O) groups excluding carboxylic acids is 1. The van der Waals surface area contributed by atoms with E-state index in [1.807, 2.05) is 52.0 Å². The summed E-state index contributed by atoms with van der Waals surface area (Å²) in [6, 6.07) is 8.07. The first kappa shape index (κ1) is 17.5. The van der Waals surface area contributed by atoms with E-state index in [4.69, 9.17) is 4.74 Å². The second-order valence-electron chi connectivity index (χ2n) is 7.83. The summed E-state index contributed by atoms with van der Waals surface area (Å²) in [5.74, 6) is -0.176. The maximum absolute atomic E-state index is 11.9. The molecule has 0 aliphatic carbocycles. The molecule has 0 saturated heterocycles. The SMILES string of the molecule is CC(OC(=O)C(C)(C)C)c1ccc(NCC(C)(C)C)cc1. The van der Waals surface area contributed by atoms with Crippen LogP contribution in [0.4, 0.5) is 5.69 Å². The van der Waals surface area contributed by atoms with E-state index >= 15 is 0 Å². The zero-order valence-electron chi connectivity index (χ0n) is 14.4. The molecule has 0 spiro atoms. The normalized spacial score (nSPS) is 13.7. The third-order valence-electron chi connectivity index (χ3n) is 3.10. The number of nitrogens with one attached hydrogen (secondary N) is 1. The summed E-state index contributed by atoms with van der Waals surface area (Å²) < 4.78 is 5.50. The Morgan fingerprint density at radius 1 is 1.10 bits per heavy atom. The molecule has 0 aliphatic heterocycles. The van der Waals surface area contributed by atoms with Gasteiger partial charge in [0.1, 0.15) is 6.10 Å². The second kappa shape index (κ2) is 6.50. The Morgan fingerprint density at radius 2 is 1.62 bits per heavy atom. The fraction of sp³-hybridized carbons (Fsp3) is 0.611. The van der Waals surface area contributed by atoms with Crippen LogP contribution in [0.15, 0.2) is 24.3 Å². The standard InChI is InChI=1S/C18H29NO2/c1-13(21-16(20)18(5,6)7)14-8-10-15(11-9-14)19-12-17(2,3)4/h8-11,13,19H,12H2,1-7H3. The molecule has 21 heavy (non-hydrogen) atoms. The van der Waals surface area contributed by atoms with Crippen molar-refractivity contribution in [2.75, 3.05) is 11.9 Å². The van der Waals surface area contributed by atoms with Crippen LogP contribution in [0.2, 0.25) is 0 Å². The quantitative estimate of drug-likeness (QED) is 0.810. The summed E-state index contributed by atoms with van der Waals surface area (Å²) in [4.78, 5) is 11.9. The molecule has 0 heterocycles. The molecule has 1 N–H and O–H groups in total. The highest BCUT2D eigenvalue weighted by molar-refractivity contribution is 5.75. The van der Waals surface area contributed by atoms with Gasteiger partial charge in [-0.2, -0.15) is 0 Å². The van der Waals surface area contributed by atoms with E-state index in [0.717, 1.165) is 17.8 Å². The number of anilines is 1. The fourth-order valence-corrected chi connectivity index (χ4v) is 1.64. The highest BCUT2D eigenvalue weighted by Gasteiger charge is 2.25. The topological polar surface area (TPSA) is 38.3 Å². The van der Waals surface area contributed by atoms with Gasteiger partial charge in [-0.05, 0) is 50.8 Å². The lowest BCUT2D eigenvalue weighted by molar-refractivity contribution is -0.158. The van der Waals surface area contributed by atoms with Crippen molar-refractivity contribution in [3.8, 4) is 0 Å². The van der Waals surface area contributed by atoms with Gasteiger partial charge in [-0.3, -0.25) is 4.79 Å². The number of esters is 1. The van der Waals surface area contributed by atoms with E-state index in [2.05, 4.69) is 26.1 Å². The molecule has 0 aliphatic rings. The molecule has 3 nitrogen and oxygen atoms in total. The maximum Gasteiger partial charge on any atom is 0.311 e. The first-order valence-electron chi connectivity index (χ1n) is 7.54. The molecule has 0 fully saturated rings. The molecule has 0 bridgehead atoms. The van der Waals surface area contributed by atoms with Gasteiger partial charge in [0.05, 0.1) is 5.41 Å². The van der Waals surface area contributed by atoms with Crippen LogP contribution in [0, 0.1) is 10.8 Å². The number of rotatable bonds is 4. The molecule has 118 valence electrons. The van der Waals surface area contributed by atoms with Gasteiger partial charge in [0.15, 0.2) is 0 Å². The number of carbonyl (C=O) groups is 1. The fourth-order valence-electron chi connectivity index (χ4n) is 1.64. The summed E-state index contributed by atoms with van der Waals surface area (Å²) >= 11 is 0. The van der Waals surface area contributed by atoms with Crippen LogP contribution in [-0.2, 0) is 9.53 Å². The van der Waals surface area contributed by atoms with E-state index in [0.29, 0.717) is 0 Å². The Balaban J connectivity index is 2.63. The van der Waals surface area contributed by atoms with E-state index in [1.54, 1.807) is 0 Å². The Morgan fingerprint density at radius 3 is 2.05 bits per heavy atom. The van der Waals surface area contributed by atoms with Crippen molar-refractivity contribution < 1.29 is 9.53 Å². The van der Waals surface area contributed by atoms with Gasteiger partial charge >= 0.3 is 5.97 Å². The third-order valence-corrected chi connectivity index (χ3v) is 3.10. The van der Waals surface area contributed by atoms with Crippen LogP contribution in [0.1, 0.15) is 60.1 Å². The van der Waals surface area contributed by atoms with E-state index in [9.17, 15) is 4.79 Å². The smallest absolute Gasteiger partial charge is 0.311 e. The van der Waals surface area contributed by atoms with Gasteiger partial charge in [0.25, 0.3) is 0 Å². The van der Waals surface area contributed by atoms with Crippen molar-refractivity contribution in [2.45, 2.75) is 54.6 Å². The molecule has 1 aromatic rings. The molecule has 1 rings (SSSR count). The average Bonchev–Trinajstić information content (AvgIpc) is 2.35. The van der Waals surface area contributed by atoms with Gasteiger partial charge in [0.2, 0.25) is 0 Å². The van der Waals surface area contributed by atoms with Crippen LogP contribution in [0.3, 0.4) is 0 Å². The van der Waals surface area contributed by atoms with Crippen LogP contribution in [0.25, 0.3) is 0 Å². The van der Waals surface area contributed by atoms with Crippen LogP contribution < -0.4 is 5.32 Å². The van der Waals surface area contributed by atoms with Gasteiger partial charge in [0, 0.05) is 12.2 Å². The van der Waals surface area contributed by atoms with Crippen molar-refractivity contribution in [3.63, 3.8) is 0 Å². The van der Waals surface area contributed by atoms with Crippen molar-refractivity contribution in [1.82, 2.24) is 0 Å². The lowest BCUT2D eigenvalue weighted by atomic mass is 9.97. The van der Waals surface area contributed by atoms with Crippen LogP contribution in [0.5, 0.6) is 0 Å². The summed E-state index contributed by atoms with van der Waals surface area (Å²) in [5, 5.41) is 3.41. The van der Waals surface area contributed by atoms with E-state index in [1.165, 1.54) is 0 Å². The summed E-state index contributed by atoms with van der Waals surface area (Å²) in [5.41, 5.74) is 1.87. The lowest BCUT2D eigenvalue weighted by Crippen LogP contribution is -2.24. The molecule has 3 heteroatoms.